The summed E-state index contributed by atoms with van der Waals surface area (Å²) < 4.78 is 43.9. The van der Waals surface area contributed by atoms with Crippen LogP contribution in [0.15, 0.2) is 55.1 Å². The molecule has 4 atom stereocenters. The van der Waals surface area contributed by atoms with E-state index in [1.807, 2.05) is 18.2 Å². The summed E-state index contributed by atoms with van der Waals surface area (Å²) in [5.41, 5.74) is 2.24. The van der Waals surface area contributed by atoms with Crippen LogP contribution in [0.4, 0.5) is 13.2 Å². The Morgan fingerprint density at radius 2 is 1.71 bits per heavy atom. The normalized spacial score (nSPS) is 25.8. The van der Waals surface area contributed by atoms with Crippen molar-refractivity contribution in [3.05, 3.63) is 66.5 Å². The largest absolute Gasteiger partial charge is 0.435 e. The Labute approximate surface area is 183 Å². The van der Waals surface area contributed by atoms with Gasteiger partial charge in [-0.15, -0.1) is 6.58 Å². The van der Waals surface area contributed by atoms with Crippen molar-refractivity contribution in [3.63, 3.8) is 0 Å². The first-order chi connectivity index (χ1) is 15.0. The third-order valence-electron chi connectivity index (χ3n) is 7.36. The Kier molecular flexibility index (Phi) is 7.04. The van der Waals surface area contributed by atoms with Crippen molar-refractivity contribution in [1.82, 2.24) is 0 Å². The van der Waals surface area contributed by atoms with Gasteiger partial charge in [0.25, 0.3) is 0 Å². The third kappa shape index (κ3) is 5.34. The van der Waals surface area contributed by atoms with Crippen LogP contribution >= 0.6 is 0 Å². The maximum absolute atomic E-state index is 14.9. The molecule has 0 heterocycles. The first-order valence-corrected chi connectivity index (χ1v) is 11.5. The minimum atomic E-state index is -2.86. The van der Waals surface area contributed by atoms with Gasteiger partial charge in [0, 0.05) is 5.56 Å². The molecule has 0 bridgehead atoms. The molecule has 2 fully saturated rings. The summed E-state index contributed by atoms with van der Waals surface area (Å²) in [5, 5.41) is 0. The zero-order chi connectivity index (χ0) is 21.8. The number of ether oxygens (including phenoxy) is 1. The minimum Gasteiger partial charge on any atom is -0.435 e. The summed E-state index contributed by atoms with van der Waals surface area (Å²) >= 11 is 0. The second-order valence-electron chi connectivity index (χ2n) is 9.22. The van der Waals surface area contributed by atoms with Gasteiger partial charge in [-0.1, -0.05) is 36.8 Å². The molecule has 2 saturated carbocycles. The lowest BCUT2D eigenvalue weighted by Crippen LogP contribution is -2.30. The molecule has 4 rings (SSSR count). The average molecular weight is 429 g/mol. The van der Waals surface area contributed by atoms with Gasteiger partial charge in [-0.2, -0.15) is 8.78 Å². The van der Waals surface area contributed by atoms with Gasteiger partial charge in [0.1, 0.15) is 11.6 Å². The number of alkyl halides is 2. The fourth-order valence-electron chi connectivity index (χ4n) is 5.74. The molecule has 2 aromatic carbocycles. The summed E-state index contributed by atoms with van der Waals surface area (Å²) in [6.07, 6.45) is 11.9. The second-order valence-corrected chi connectivity index (χ2v) is 9.22. The highest BCUT2D eigenvalue weighted by molar-refractivity contribution is 5.65. The monoisotopic (exact) mass is 428 g/mol. The van der Waals surface area contributed by atoms with Gasteiger partial charge in [-0.25, -0.2) is 4.39 Å². The van der Waals surface area contributed by atoms with Gasteiger partial charge < -0.3 is 4.74 Å². The predicted octanol–water partition coefficient (Wildman–Crippen LogP) is 8.36. The molecule has 0 amide bonds. The Morgan fingerprint density at radius 1 is 0.968 bits per heavy atom. The highest BCUT2D eigenvalue weighted by Crippen LogP contribution is 2.48. The summed E-state index contributed by atoms with van der Waals surface area (Å²) in [7, 11) is 0. The van der Waals surface area contributed by atoms with E-state index in [0.717, 1.165) is 42.6 Å². The topological polar surface area (TPSA) is 9.23 Å². The smallest absolute Gasteiger partial charge is 0.387 e. The molecule has 0 spiro atoms. The Hall–Kier alpha value is -2.23. The predicted molar refractivity (Wildman–Crippen MR) is 119 cm³/mol. The minimum absolute atomic E-state index is 0.0757. The van der Waals surface area contributed by atoms with E-state index in [1.54, 1.807) is 18.2 Å². The van der Waals surface area contributed by atoms with Crippen LogP contribution in [0.3, 0.4) is 0 Å². The molecule has 0 saturated heterocycles. The summed E-state index contributed by atoms with van der Waals surface area (Å²) in [6, 6.07) is 11.7. The maximum atomic E-state index is 14.9. The molecular weight excluding hydrogens is 397 g/mol. The van der Waals surface area contributed by atoms with Gasteiger partial charge >= 0.3 is 6.61 Å². The Balaban J connectivity index is 1.40. The quantitative estimate of drug-likeness (QED) is 0.403. The van der Waals surface area contributed by atoms with Gasteiger partial charge in [0.2, 0.25) is 0 Å². The molecule has 4 heteroatoms. The van der Waals surface area contributed by atoms with Gasteiger partial charge in [-0.3, -0.25) is 0 Å². The van der Waals surface area contributed by atoms with Crippen LogP contribution < -0.4 is 4.74 Å². The van der Waals surface area contributed by atoms with E-state index in [0.29, 0.717) is 17.0 Å². The average Bonchev–Trinajstić information content (AvgIpc) is 2.77. The molecule has 1 nitrogen and oxygen atoms in total. The first kappa shape index (κ1) is 22.0. The van der Waals surface area contributed by atoms with E-state index in [2.05, 4.69) is 11.3 Å². The lowest BCUT2D eigenvalue weighted by molar-refractivity contribution is -0.0498. The summed E-state index contributed by atoms with van der Waals surface area (Å²) in [5.74, 6) is 2.70. The van der Waals surface area contributed by atoms with Crippen molar-refractivity contribution in [2.45, 2.75) is 63.9 Å². The molecule has 0 N–H and O–H groups in total. The number of rotatable bonds is 7. The third-order valence-corrected chi connectivity index (χ3v) is 7.36. The van der Waals surface area contributed by atoms with Crippen LogP contribution in [0, 0.1) is 23.6 Å². The molecule has 0 radical (unpaired) electrons. The SMILES string of the molecule is C=CCCC1CCC2CC(c3ccc(-c4ccc(OC(F)F)cc4)c(F)c3)CCC2C1. The van der Waals surface area contributed by atoms with E-state index in [-0.39, 0.29) is 11.6 Å². The number of benzene rings is 2. The number of halogens is 3. The number of hydrogen-bond acceptors (Lipinski definition) is 1. The molecule has 166 valence electrons. The molecule has 0 aromatic heterocycles. The molecule has 4 unspecified atom stereocenters. The van der Waals surface area contributed by atoms with E-state index < -0.39 is 6.61 Å². The van der Waals surface area contributed by atoms with Crippen molar-refractivity contribution in [2.75, 3.05) is 0 Å². The Morgan fingerprint density at radius 3 is 2.42 bits per heavy atom. The van der Waals surface area contributed by atoms with Crippen molar-refractivity contribution >= 4 is 0 Å². The van der Waals surface area contributed by atoms with E-state index in [9.17, 15) is 13.2 Å². The van der Waals surface area contributed by atoms with Crippen LogP contribution in [0.5, 0.6) is 5.75 Å². The standard InChI is InChI=1S/C27H31F3O/c1-2-3-4-18-5-6-21-16-22(8-7-20(21)15-18)23-11-14-25(26(28)17-23)19-9-12-24(13-10-19)31-27(29)30/h2,9-14,17-18,20-22,27H,1,3-8,15-16H2. The lowest BCUT2D eigenvalue weighted by Gasteiger charge is -2.42. The van der Waals surface area contributed by atoms with Crippen molar-refractivity contribution in [1.29, 1.82) is 0 Å². The summed E-state index contributed by atoms with van der Waals surface area (Å²) in [4.78, 5) is 0. The van der Waals surface area contributed by atoms with E-state index in [1.165, 1.54) is 44.2 Å². The number of allylic oxidation sites excluding steroid dienone is 1. The molecule has 31 heavy (non-hydrogen) atoms. The van der Waals surface area contributed by atoms with Crippen LogP contribution in [0.25, 0.3) is 11.1 Å². The van der Waals surface area contributed by atoms with Crippen LogP contribution in [-0.2, 0) is 0 Å². The Bertz CT molecular complexity index is 877. The first-order valence-electron chi connectivity index (χ1n) is 11.5. The fraction of sp³-hybridized carbons (Fsp3) is 0.481. The second kappa shape index (κ2) is 9.93. The maximum Gasteiger partial charge on any atom is 0.387 e. The van der Waals surface area contributed by atoms with Gasteiger partial charge in [0.15, 0.2) is 0 Å². The molecule has 0 aliphatic heterocycles. The van der Waals surface area contributed by atoms with Crippen molar-refractivity contribution < 1.29 is 17.9 Å². The van der Waals surface area contributed by atoms with E-state index >= 15 is 0 Å². The molecular formula is C27H31F3O. The molecule has 2 aliphatic rings. The number of fused-ring (bicyclic) bond motifs is 1. The van der Waals surface area contributed by atoms with Gasteiger partial charge in [-0.05, 0) is 97.9 Å². The zero-order valence-electron chi connectivity index (χ0n) is 17.9. The molecule has 2 aromatic rings. The zero-order valence-corrected chi connectivity index (χ0v) is 17.9. The van der Waals surface area contributed by atoms with E-state index in [4.69, 9.17) is 0 Å². The van der Waals surface area contributed by atoms with Crippen molar-refractivity contribution in [3.8, 4) is 16.9 Å². The lowest BCUT2D eigenvalue weighted by atomic mass is 9.63. The highest BCUT2D eigenvalue weighted by Gasteiger charge is 2.35. The summed E-state index contributed by atoms with van der Waals surface area (Å²) in [6.45, 7) is 0.991. The van der Waals surface area contributed by atoms with Gasteiger partial charge in [0.05, 0.1) is 0 Å². The number of hydrogen-bond donors (Lipinski definition) is 0. The van der Waals surface area contributed by atoms with Crippen LogP contribution in [0.1, 0.15) is 62.8 Å². The van der Waals surface area contributed by atoms with Crippen LogP contribution in [0.2, 0.25) is 0 Å². The van der Waals surface area contributed by atoms with Crippen molar-refractivity contribution in [2.24, 2.45) is 17.8 Å². The molecule has 2 aliphatic carbocycles. The van der Waals surface area contributed by atoms with Crippen LogP contribution in [-0.4, -0.2) is 6.61 Å². The fourth-order valence-corrected chi connectivity index (χ4v) is 5.74. The highest BCUT2D eigenvalue weighted by atomic mass is 19.3.